The normalized spacial score (nSPS) is 11.4. The third-order valence-corrected chi connectivity index (χ3v) is 3.12. The molecule has 0 saturated heterocycles. The van der Waals surface area contributed by atoms with Crippen LogP contribution < -0.4 is 4.74 Å². The van der Waals surface area contributed by atoms with E-state index in [2.05, 4.69) is 5.16 Å². The first-order valence-corrected chi connectivity index (χ1v) is 6.27. The number of rotatable bonds is 4. The molecule has 1 N–H and O–H groups in total. The predicted octanol–water partition coefficient (Wildman–Crippen LogP) is 3.91. The van der Waals surface area contributed by atoms with E-state index in [-0.39, 0.29) is 12.4 Å². The van der Waals surface area contributed by atoms with Crippen molar-refractivity contribution in [2.45, 2.75) is 20.5 Å². The number of nitrogens with zero attached hydrogens (tertiary/aromatic N) is 1. The van der Waals surface area contributed by atoms with Gasteiger partial charge in [0.25, 0.3) is 0 Å². The summed E-state index contributed by atoms with van der Waals surface area (Å²) in [6.45, 7) is 3.86. The summed E-state index contributed by atoms with van der Waals surface area (Å²) in [5, 5.41) is 12.0. The van der Waals surface area contributed by atoms with E-state index in [9.17, 15) is 4.39 Å². The molecule has 2 rings (SSSR count). The maximum atomic E-state index is 13.2. The summed E-state index contributed by atoms with van der Waals surface area (Å²) in [5.41, 5.74) is 2.94. The Balaban J connectivity index is 2.21. The topological polar surface area (TPSA) is 41.8 Å². The van der Waals surface area contributed by atoms with Gasteiger partial charge in [0.2, 0.25) is 0 Å². The number of para-hydroxylation sites is 1. The van der Waals surface area contributed by atoms with Crippen LogP contribution in [-0.2, 0) is 6.61 Å². The van der Waals surface area contributed by atoms with E-state index >= 15 is 0 Å². The third kappa shape index (κ3) is 3.15. The first-order valence-electron chi connectivity index (χ1n) is 6.27. The smallest absolute Gasteiger partial charge is 0.128 e. The Kier molecular flexibility index (Phi) is 4.35. The van der Waals surface area contributed by atoms with Gasteiger partial charge in [0.05, 0.1) is 5.71 Å². The largest absolute Gasteiger partial charge is 0.488 e. The quantitative estimate of drug-likeness (QED) is 0.521. The highest BCUT2D eigenvalue weighted by Crippen LogP contribution is 2.21. The van der Waals surface area contributed by atoms with Crippen LogP contribution in [0.25, 0.3) is 0 Å². The number of hydrogen-bond acceptors (Lipinski definition) is 3. The first kappa shape index (κ1) is 14.1. The second-order valence-corrected chi connectivity index (χ2v) is 4.54. The minimum absolute atomic E-state index is 0.263. The molecule has 0 aliphatic rings. The lowest BCUT2D eigenvalue weighted by molar-refractivity contribution is 0.302. The Bertz CT molecular complexity index is 638. The van der Waals surface area contributed by atoms with E-state index in [0.29, 0.717) is 17.0 Å². The van der Waals surface area contributed by atoms with Crippen LogP contribution in [0.15, 0.2) is 47.6 Å². The van der Waals surface area contributed by atoms with Gasteiger partial charge in [-0.1, -0.05) is 23.4 Å². The van der Waals surface area contributed by atoms with Gasteiger partial charge in [0.15, 0.2) is 0 Å². The Morgan fingerprint density at radius 2 is 2.00 bits per heavy atom. The highest BCUT2D eigenvalue weighted by Gasteiger charge is 2.08. The van der Waals surface area contributed by atoms with Gasteiger partial charge in [0, 0.05) is 5.56 Å². The molecule has 0 bridgehead atoms. The maximum Gasteiger partial charge on any atom is 0.128 e. The lowest BCUT2D eigenvalue weighted by Crippen LogP contribution is -2.03. The molecule has 0 radical (unpaired) electrons. The molecule has 0 aromatic heterocycles. The van der Waals surface area contributed by atoms with Gasteiger partial charge in [-0.05, 0) is 49.2 Å². The summed E-state index contributed by atoms with van der Waals surface area (Å²) in [6.07, 6.45) is 0. The molecule has 0 atom stereocenters. The number of hydrogen-bond donors (Lipinski definition) is 1. The Labute approximate surface area is 117 Å². The van der Waals surface area contributed by atoms with Gasteiger partial charge in [-0.15, -0.1) is 0 Å². The maximum absolute atomic E-state index is 13.2. The van der Waals surface area contributed by atoms with Crippen LogP contribution in [-0.4, -0.2) is 10.9 Å². The van der Waals surface area contributed by atoms with Crippen LogP contribution in [0.2, 0.25) is 0 Å². The molecular weight excluding hydrogens is 257 g/mol. The van der Waals surface area contributed by atoms with Crippen molar-refractivity contribution < 1.29 is 14.3 Å². The second kappa shape index (κ2) is 6.19. The monoisotopic (exact) mass is 273 g/mol. The summed E-state index contributed by atoms with van der Waals surface area (Å²) in [4.78, 5) is 0. The Hall–Kier alpha value is -2.36. The fourth-order valence-electron chi connectivity index (χ4n) is 1.90. The molecule has 0 aliphatic carbocycles. The van der Waals surface area contributed by atoms with E-state index in [0.717, 1.165) is 11.1 Å². The van der Waals surface area contributed by atoms with Crippen molar-refractivity contribution in [3.8, 4) is 5.75 Å². The average Bonchev–Trinajstić information content (AvgIpc) is 2.47. The number of halogens is 1. The van der Waals surface area contributed by atoms with Gasteiger partial charge in [-0.2, -0.15) is 0 Å². The molecule has 0 heterocycles. The van der Waals surface area contributed by atoms with Crippen molar-refractivity contribution in [2.75, 3.05) is 0 Å². The van der Waals surface area contributed by atoms with E-state index in [1.165, 1.54) is 12.1 Å². The number of oxime groups is 1. The molecule has 20 heavy (non-hydrogen) atoms. The minimum atomic E-state index is -0.282. The lowest BCUT2D eigenvalue weighted by atomic mass is 10.1. The van der Waals surface area contributed by atoms with Gasteiger partial charge >= 0.3 is 0 Å². The fourth-order valence-corrected chi connectivity index (χ4v) is 1.90. The van der Waals surface area contributed by atoms with Crippen molar-refractivity contribution in [3.05, 3.63) is 65.0 Å². The zero-order valence-electron chi connectivity index (χ0n) is 11.4. The van der Waals surface area contributed by atoms with Crippen LogP contribution in [0.3, 0.4) is 0 Å². The molecular formula is C16H16FNO2. The summed E-state index contributed by atoms with van der Waals surface area (Å²) in [6, 6.07) is 11.9. The van der Waals surface area contributed by atoms with Gasteiger partial charge < -0.3 is 9.94 Å². The fraction of sp³-hybridized carbons (Fsp3) is 0.188. The highest BCUT2D eigenvalue weighted by atomic mass is 19.1. The van der Waals surface area contributed by atoms with Crippen LogP contribution in [0.5, 0.6) is 5.75 Å². The molecule has 2 aromatic rings. The average molecular weight is 273 g/mol. The van der Waals surface area contributed by atoms with E-state index in [1.807, 2.05) is 25.1 Å². The van der Waals surface area contributed by atoms with Gasteiger partial charge in [0.1, 0.15) is 18.2 Å². The lowest BCUT2D eigenvalue weighted by Gasteiger charge is -2.12. The molecule has 3 nitrogen and oxygen atoms in total. The van der Waals surface area contributed by atoms with Crippen LogP contribution in [0, 0.1) is 12.7 Å². The van der Waals surface area contributed by atoms with E-state index in [4.69, 9.17) is 9.94 Å². The van der Waals surface area contributed by atoms with Crippen molar-refractivity contribution >= 4 is 5.71 Å². The first-order chi connectivity index (χ1) is 9.61. The molecule has 4 heteroatoms. The summed E-state index contributed by atoms with van der Waals surface area (Å²) in [7, 11) is 0. The summed E-state index contributed by atoms with van der Waals surface area (Å²) < 4.78 is 19.0. The summed E-state index contributed by atoms with van der Waals surface area (Å²) in [5.74, 6) is 0.321. The second-order valence-electron chi connectivity index (χ2n) is 4.54. The molecule has 0 unspecified atom stereocenters. The molecule has 0 amide bonds. The molecule has 2 aromatic carbocycles. The van der Waals surface area contributed by atoms with E-state index < -0.39 is 0 Å². The molecule has 0 saturated carbocycles. The van der Waals surface area contributed by atoms with Gasteiger partial charge in [-0.3, -0.25) is 0 Å². The van der Waals surface area contributed by atoms with Crippen LogP contribution >= 0.6 is 0 Å². The van der Waals surface area contributed by atoms with Crippen molar-refractivity contribution in [1.29, 1.82) is 0 Å². The van der Waals surface area contributed by atoms with Crippen molar-refractivity contribution in [3.63, 3.8) is 0 Å². The zero-order chi connectivity index (χ0) is 14.5. The Morgan fingerprint density at radius 3 is 2.75 bits per heavy atom. The predicted molar refractivity (Wildman–Crippen MR) is 75.9 cm³/mol. The van der Waals surface area contributed by atoms with Gasteiger partial charge in [-0.25, -0.2) is 4.39 Å². The molecule has 0 fully saturated rings. The van der Waals surface area contributed by atoms with E-state index in [1.54, 1.807) is 19.1 Å². The molecule has 104 valence electrons. The third-order valence-electron chi connectivity index (χ3n) is 3.12. The zero-order valence-corrected chi connectivity index (χ0v) is 11.4. The van der Waals surface area contributed by atoms with Crippen molar-refractivity contribution in [1.82, 2.24) is 0 Å². The van der Waals surface area contributed by atoms with Crippen LogP contribution in [0.4, 0.5) is 4.39 Å². The number of aryl methyl sites for hydroxylation is 1. The highest BCUT2D eigenvalue weighted by molar-refractivity contribution is 6.00. The Morgan fingerprint density at radius 1 is 1.25 bits per heavy atom. The standard InChI is InChI=1S/C16H16FNO2/c1-11-7-8-14(17)9-13(11)10-20-16-6-4-3-5-15(16)12(2)18-19/h3-9,19H,10H2,1-2H3/b18-12-. The molecule has 0 aliphatic heterocycles. The number of ether oxygens (including phenoxy) is 1. The SMILES string of the molecule is C/C(=N/O)c1ccccc1OCc1cc(F)ccc1C. The number of benzene rings is 2. The molecule has 0 spiro atoms. The van der Waals surface area contributed by atoms with Crippen molar-refractivity contribution in [2.24, 2.45) is 5.16 Å². The minimum Gasteiger partial charge on any atom is -0.488 e. The van der Waals surface area contributed by atoms with Crippen LogP contribution in [0.1, 0.15) is 23.6 Å². The summed E-state index contributed by atoms with van der Waals surface area (Å²) >= 11 is 0.